The lowest BCUT2D eigenvalue weighted by atomic mass is 10.1. The summed E-state index contributed by atoms with van der Waals surface area (Å²) in [5.74, 6) is -0.0934. The number of nitrogens with zero attached hydrogens (tertiary/aromatic N) is 2. The van der Waals surface area contributed by atoms with Crippen molar-refractivity contribution in [3.63, 3.8) is 0 Å². The summed E-state index contributed by atoms with van der Waals surface area (Å²) in [6.45, 7) is 1.82. The SMILES string of the molecule is C/C(=N\NC(=O)CCc1ccccc1)c1ccccn1. The summed E-state index contributed by atoms with van der Waals surface area (Å²) >= 11 is 0. The van der Waals surface area contributed by atoms with E-state index in [2.05, 4.69) is 15.5 Å². The summed E-state index contributed by atoms with van der Waals surface area (Å²) in [4.78, 5) is 15.9. The lowest BCUT2D eigenvalue weighted by Gasteiger charge is -2.02. The first-order chi connectivity index (χ1) is 9.75. The monoisotopic (exact) mass is 267 g/mol. The highest BCUT2D eigenvalue weighted by Gasteiger charge is 2.02. The molecule has 0 spiro atoms. The van der Waals surface area contributed by atoms with Crippen molar-refractivity contribution in [2.45, 2.75) is 19.8 Å². The fourth-order valence-electron chi connectivity index (χ4n) is 1.74. The molecule has 0 aliphatic heterocycles. The lowest BCUT2D eigenvalue weighted by molar-refractivity contribution is -0.121. The van der Waals surface area contributed by atoms with Crippen LogP contribution in [0.5, 0.6) is 0 Å². The van der Waals surface area contributed by atoms with Gasteiger partial charge in [-0.2, -0.15) is 5.10 Å². The number of hydrogen-bond acceptors (Lipinski definition) is 3. The molecule has 0 bridgehead atoms. The highest BCUT2D eigenvalue weighted by atomic mass is 16.2. The molecule has 1 aromatic heterocycles. The van der Waals surface area contributed by atoms with Gasteiger partial charge in [-0.1, -0.05) is 36.4 Å². The van der Waals surface area contributed by atoms with Crippen LogP contribution in [0.1, 0.15) is 24.6 Å². The van der Waals surface area contributed by atoms with Crippen molar-refractivity contribution in [3.05, 3.63) is 66.0 Å². The van der Waals surface area contributed by atoms with Crippen LogP contribution in [0.4, 0.5) is 0 Å². The van der Waals surface area contributed by atoms with Gasteiger partial charge in [0.2, 0.25) is 5.91 Å². The summed E-state index contributed by atoms with van der Waals surface area (Å²) in [5.41, 5.74) is 5.16. The first kappa shape index (κ1) is 13.9. The van der Waals surface area contributed by atoms with Crippen LogP contribution in [0.3, 0.4) is 0 Å². The molecule has 2 aromatic rings. The van der Waals surface area contributed by atoms with Crippen molar-refractivity contribution >= 4 is 11.6 Å². The summed E-state index contributed by atoms with van der Waals surface area (Å²) < 4.78 is 0. The van der Waals surface area contributed by atoms with Crippen molar-refractivity contribution in [1.82, 2.24) is 10.4 Å². The van der Waals surface area contributed by atoms with Crippen LogP contribution in [-0.2, 0) is 11.2 Å². The molecule has 0 aliphatic rings. The molecule has 0 radical (unpaired) electrons. The van der Waals surface area contributed by atoms with Crippen LogP contribution >= 0.6 is 0 Å². The maximum absolute atomic E-state index is 11.7. The average molecular weight is 267 g/mol. The van der Waals surface area contributed by atoms with Gasteiger partial charge in [-0.25, -0.2) is 5.43 Å². The second-order valence-corrected chi connectivity index (χ2v) is 4.43. The van der Waals surface area contributed by atoms with Crippen molar-refractivity contribution in [2.24, 2.45) is 5.10 Å². The largest absolute Gasteiger partial charge is 0.273 e. The number of carbonyl (C=O) groups excluding carboxylic acids is 1. The third kappa shape index (κ3) is 4.31. The van der Waals surface area contributed by atoms with Gasteiger partial charge >= 0.3 is 0 Å². The predicted octanol–water partition coefficient (Wildman–Crippen LogP) is 2.55. The van der Waals surface area contributed by atoms with E-state index < -0.39 is 0 Å². The fraction of sp³-hybridized carbons (Fsp3) is 0.188. The van der Waals surface area contributed by atoms with Crippen LogP contribution in [-0.4, -0.2) is 16.6 Å². The normalized spacial score (nSPS) is 11.2. The van der Waals surface area contributed by atoms with Gasteiger partial charge in [0.05, 0.1) is 11.4 Å². The molecule has 4 heteroatoms. The van der Waals surface area contributed by atoms with Gasteiger partial charge in [-0.05, 0) is 31.0 Å². The van der Waals surface area contributed by atoms with Gasteiger partial charge < -0.3 is 0 Å². The molecule has 20 heavy (non-hydrogen) atoms. The minimum atomic E-state index is -0.0934. The first-order valence-electron chi connectivity index (χ1n) is 6.54. The van der Waals surface area contributed by atoms with Crippen molar-refractivity contribution < 1.29 is 4.79 Å². The topological polar surface area (TPSA) is 54.4 Å². The first-order valence-corrected chi connectivity index (χ1v) is 6.54. The van der Waals surface area contributed by atoms with E-state index in [0.29, 0.717) is 18.6 Å². The number of carbonyl (C=O) groups is 1. The molecule has 0 fully saturated rings. The molecular weight excluding hydrogens is 250 g/mol. The number of nitrogens with one attached hydrogen (secondary N) is 1. The third-order valence-corrected chi connectivity index (χ3v) is 2.87. The summed E-state index contributed by atoms with van der Waals surface area (Å²) in [5, 5.41) is 4.06. The van der Waals surface area contributed by atoms with Gasteiger partial charge in [0, 0.05) is 12.6 Å². The zero-order valence-electron chi connectivity index (χ0n) is 11.4. The number of aryl methyl sites for hydroxylation is 1. The van der Waals surface area contributed by atoms with Gasteiger partial charge in [0.25, 0.3) is 0 Å². The van der Waals surface area contributed by atoms with Crippen molar-refractivity contribution in [2.75, 3.05) is 0 Å². The Bertz CT molecular complexity index is 579. The lowest BCUT2D eigenvalue weighted by Crippen LogP contribution is -2.19. The van der Waals surface area contributed by atoms with Crippen LogP contribution in [0.2, 0.25) is 0 Å². The molecule has 102 valence electrons. The van der Waals surface area contributed by atoms with Crippen LogP contribution < -0.4 is 5.43 Å². The molecule has 1 heterocycles. The second-order valence-electron chi connectivity index (χ2n) is 4.43. The van der Waals surface area contributed by atoms with Gasteiger partial charge in [0.1, 0.15) is 0 Å². The zero-order valence-corrected chi connectivity index (χ0v) is 11.4. The van der Waals surface area contributed by atoms with E-state index in [4.69, 9.17) is 0 Å². The van der Waals surface area contributed by atoms with Crippen molar-refractivity contribution in [3.8, 4) is 0 Å². The molecular formula is C16H17N3O. The average Bonchev–Trinajstić information content (AvgIpc) is 2.52. The number of hydrogen-bond donors (Lipinski definition) is 1. The Morgan fingerprint density at radius 2 is 1.90 bits per heavy atom. The molecule has 0 unspecified atom stereocenters. The van der Waals surface area contributed by atoms with E-state index in [9.17, 15) is 4.79 Å². The van der Waals surface area contributed by atoms with E-state index >= 15 is 0 Å². The summed E-state index contributed by atoms with van der Waals surface area (Å²) in [6.07, 6.45) is 2.83. The van der Waals surface area contributed by atoms with Gasteiger partial charge in [-0.3, -0.25) is 9.78 Å². The Balaban J connectivity index is 1.83. The van der Waals surface area contributed by atoms with E-state index in [1.165, 1.54) is 0 Å². The number of amides is 1. The van der Waals surface area contributed by atoms with Crippen LogP contribution in [0.15, 0.2) is 59.8 Å². The number of aromatic nitrogens is 1. The molecule has 0 saturated heterocycles. The molecule has 1 N–H and O–H groups in total. The second kappa shape index (κ2) is 7.19. The molecule has 0 aliphatic carbocycles. The molecule has 1 amide bonds. The van der Waals surface area contributed by atoms with Crippen LogP contribution in [0, 0.1) is 0 Å². The van der Waals surface area contributed by atoms with Gasteiger partial charge in [-0.15, -0.1) is 0 Å². The number of hydrazone groups is 1. The van der Waals surface area contributed by atoms with E-state index in [1.54, 1.807) is 6.20 Å². The third-order valence-electron chi connectivity index (χ3n) is 2.87. The van der Waals surface area contributed by atoms with Gasteiger partial charge in [0.15, 0.2) is 0 Å². The van der Waals surface area contributed by atoms with Crippen molar-refractivity contribution in [1.29, 1.82) is 0 Å². The maximum Gasteiger partial charge on any atom is 0.240 e. The number of pyridine rings is 1. The van der Waals surface area contributed by atoms with E-state index in [0.717, 1.165) is 11.3 Å². The Hall–Kier alpha value is -2.49. The highest BCUT2D eigenvalue weighted by Crippen LogP contribution is 2.02. The number of rotatable bonds is 5. The molecule has 0 saturated carbocycles. The standard InChI is InChI=1S/C16H17N3O/c1-13(15-9-5-6-12-17-15)18-19-16(20)11-10-14-7-3-2-4-8-14/h2-9,12H,10-11H2,1H3,(H,19,20)/b18-13+. The Labute approximate surface area is 118 Å². The fourth-order valence-corrected chi connectivity index (χ4v) is 1.74. The quantitative estimate of drug-likeness (QED) is 0.668. The zero-order chi connectivity index (χ0) is 14.2. The predicted molar refractivity (Wildman–Crippen MR) is 79.4 cm³/mol. The number of benzene rings is 1. The molecule has 1 aromatic carbocycles. The minimum absolute atomic E-state index is 0.0934. The molecule has 4 nitrogen and oxygen atoms in total. The smallest absolute Gasteiger partial charge is 0.240 e. The Morgan fingerprint density at radius 3 is 2.60 bits per heavy atom. The summed E-state index contributed by atoms with van der Waals surface area (Å²) in [6, 6.07) is 15.5. The maximum atomic E-state index is 11.7. The molecule has 0 atom stereocenters. The summed E-state index contributed by atoms with van der Waals surface area (Å²) in [7, 11) is 0. The van der Waals surface area contributed by atoms with Crippen LogP contribution in [0.25, 0.3) is 0 Å². The Morgan fingerprint density at radius 1 is 1.15 bits per heavy atom. The van der Waals surface area contributed by atoms with E-state index in [-0.39, 0.29) is 5.91 Å². The highest BCUT2D eigenvalue weighted by molar-refractivity contribution is 5.97. The van der Waals surface area contributed by atoms with E-state index in [1.807, 2.05) is 55.5 Å². The Kier molecular flexibility index (Phi) is 5.00. The molecule has 2 rings (SSSR count). The minimum Gasteiger partial charge on any atom is -0.273 e.